The van der Waals surface area contributed by atoms with Crippen molar-refractivity contribution in [1.82, 2.24) is 0 Å². The van der Waals surface area contributed by atoms with Crippen molar-refractivity contribution in [3.63, 3.8) is 0 Å². The van der Waals surface area contributed by atoms with Crippen molar-refractivity contribution in [3.05, 3.63) is 51.5 Å². The number of benzene rings is 2. The van der Waals surface area contributed by atoms with Crippen LogP contribution in [0.25, 0.3) is 0 Å². The number of halogens is 3. The van der Waals surface area contributed by atoms with Gasteiger partial charge in [0.1, 0.15) is 12.3 Å². The maximum absolute atomic E-state index is 12.4. The number of ether oxygens (including phenoxy) is 1. The van der Waals surface area contributed by atoms with E-state index in [1.54, 1.807) is 37.3 Å². The average molecular weight is 400 g/mol. The Morgan fingerprint density at radius 1 is 1.16 bits per heavy atom. The molecule has 0 saturated carbocycles. The molecule has 0 spiro atoms. The molecule has 8 heteroatoms. The van der Waals surface area contributed by atoms with Crippen LogP contribution in [0.15, 0.2) is 36.4 Å². The molecule has 1 aliphatic heterocycles. The van der Waals surface area contributed by atoms with Crippen molar-refractivity contribution in [3.8, 4) is 5.75 Å². The zero-order valence-electron chi connectivity index (χ0n) is 13.1. The SMILES string of the molecule is CC1Oc2ccc(Cl)cc2N(CC(=O)Nc2ccc(Cl)c(Cl)c2)C1=O. The summed E-state index contributed by atoms with van der Waals surface area (Å²) in [6.07, 6.45) is -0.688. The van der Waals surface area contributed by atoms with Crippen molar-refractivity contribution in [2.24, 2.45) is 0 Å². The Hall–Kier alpha value is -1.95. The predicted octanol–water partition coefficient (Wildman–Crippen LogP) is 4.40. The molecule has 0 aromatic heterocycles. The Morgan fingerprint density at radius 3 is 2.64 bits per heavy atom. The molecular weight excluding hydrogens is 387 g/mol. The molecule has 5 nitrogen and oxygen atoms in total. The average Bonchev–Trinajstić information content (AvgIpc) is 2.56. The van der Waals surface area contributed by atoms with E-state index in [0.717, 1.165) is 0 Å². The Kier molecular flexibility index (Phi) is 5.08. The molecule has 2 aromatic rings. The van der Waals surface area contributed by atoms with E-state index < -0.39 is 6.10 Å². The Balaban J connectivity index is 1.81. The van der Waals surface area contributed by atoms with Crippen LogP contribution in [0, 0.1) is 0 Å². The highest BCUT2D eigenvalue weighted by atomic mass is 35.5. The molecular formula is C17H13Cl3N2O3. The minimum Gasteiger partial charge on any atom is -0.479 e. The maximum atomic E-state index is 12.4. The molecule has 130 valence electrons. The molecule has 3 rings (SSSR count). The first kappa shape index (κ1) is 17.9. The molecule has 1 N–H and O–H groups in total. The van der Waals surface area contributed by atoms with Gasteiger partial charge in [0.2, 0.25) is 5.91 Å². The number of rotatable bonds is 3. The first-order valence-corrected chi connectivity index (χ1v) is 8.51. The fraction of sp³-hybridized carbons (Fsp3) is 0.176. The summed E-state index contributed by atoms with van der Waals surface area (Å²) >= 11 is 17.8. The molecule has 1 atom stereocenters. The molecule has 0 bridgehead atoms. The Bertz CT molecular complexity index is 857. The van der Waals surface area contributed by atoms with Gasteiger partial charge in [0.25, 0.3) is 5.91 Å². The van der Waals surface area contributed by atoms with Crippen molar-refractivity contribution in [2.45, 2.75) is 13.0 Å². The number of amides is 2. The van der Waals surface area contributed by atoms with Crippen LogP contribution < -0.4 is 15.0 Å². The van der Waals surface area contributed by atoms with E-state index in [0.29, 0.717) is 32.2 Å². The Labute approximate surface area is 159 Å². The minimum atomic E-state index is -0.688. The second kappa shape index (κ2) is 7.12. The zero-order chi connectivity index (χ0) is 18.1. The van der Waals surface area contributed by atoms with Crippen LogP contribution in [0.4, 0.5) is 11.4 Å². The van der Waals surface area contributed by atoms with Crippen molar-refractivity contribution in [2.75, 3.05) is 16.8 Å². The number of carbonyl (C=O) groups is 2. The number of nitrogens with one attached hydrogen (secondary N) is 1. The van der Waals surface area contributed by atoms with Gasteiger partial charge in [0.15, 0.2) is 6.10 Å². The fourth-order valence-electron chi connectivity index (χ4n) is 2.46. The van der Waals surface area contributed by atoms with Gasteiger partial charge in [-0.15, -0.1) is 0 Å². The second-order valence-electron chi connectivity index (χ2n) is 5.47. The summed E-state index contributed by atoms with van der Waals surface area (Å²) in [6, 6.07) is 9.67. The monoisotopic (exact) mass is 398 g/mol. The van der Waals surface area contributed by atoms with Gasteiger partial charge in [-0.25, -0.2) is 0 Å². The number of nitrogens with zero attached hydrogens (tertiary/aromatic N) is 1. The van der Waals surface area contributed by atoms with E-state index in [1.165, 1.54) is 11.0 Å². The van der Waals surface area contributed by atoms with Crippen LogP contribution in [0.2, 0.25) is 15.1 Å². The molecule has 25 heavy (non-hydrogen) atoms. The lowest BCUT2D eigenvalue weighted by molar-refractivity contribution is -0.127. The summed E-state index contributed by atoms with van der Waals surface area (Å²) in [4.78, 5) is 26.1. The largest absolute Gasteiger partial charge is 0.479 e. The third-order valence-electron chi connectivity index (χ3n) is 3.63. The van der Waals surface area contributed by atoms with Crippen molar-refractivity contribution >= 4 is 58.0 Å². The van der Waals surface area contributed by atoms with Crippen LogP contribution in [-0.2, 0) is 9.59 Å². The van der Waals surface area contributed by atoms with Gasteiger partial charge in [0.05, 0.1) is 15.7 Å². The number of hydrogen-bond acceptors (Lipinski definition) is 3. The predicted molar refractivity (Wildman–Crippen MR) is 99.0 cm³/mol. The molecule has 0 radical (unpaired) electrons. The van der Waals surface area contributed by atoms with Gasteiger partial charge >= 0.3 is 0 Å². The molecule has 0 saturated heterocycles. The Morgan fingerprint density at radius 2 is 1.92 bits per heavy atom. The molecule has 1 unspecified atom stereocenters. The van der Waals surface area contributed by atoms with E-state index in [-0.39, 0.29) is 18.4 Å². The van der Waals surface area contributed by atoms with Crippen LogP contribution in [0.5, 0.6) is 5.75 Å². The van der Waals surface area contributed by atoms with Gasteiger partial charge in [-0.3, -0.25) is 14.5 Å². The molecule has 0 fully saturated rings. The summed E-state index contributed by atoms with van der Waals surface area (Å²) in [5.74, 6) is -0.204. The number of hydrogen-bond donors (Lipinski definition) is 1. The smallest absolute Gasteiger partial charge is 0.268 e. The lowest BCUT2D eigenvalue weighted by Crippen LogP contribution is -2.47. The van der Waals surface area contributed by atoms with Crippen molar-refractivity contribution < 1.29 is 14.3 Å². The lowest BCUT2D eigenvalue weighted by atomic mass is 10.2. The summed E-state index contributed by atoms with van der Waals surface area (Å²) in [5, 5.41) is 3.85. The molecule has 1 aliphatic rings. The van der Waals surface area contributed by atoms with Gasteiger partial charge in [-0.05, 0) is 43.3 Å². The standard InChI is InChI=1S/C17H13Cl3N2O3/c1-9-17(24)22(14-6-10(18)2-5-15(14)25-9)8-16(23)21-11-3-4-12(19)13(20)7-11/h2-7,9H,8H2,1H3,(H,21,23). The van der Waals surface area contributed by atoms with E-state index in [1.807, 2.05) is 0 Å². The van der Waals surface area contributed by atoms with Crippen LogP contribution >= 0.6 is 34.8 Å². The van der Waals surface area contributed by atoms with Gasteiger partial charge in [0, 0.05) is 10.7 Å². The summed E-state index contributed by atoms with van der Waals surface area (Å²) in [6.45, 7) is 1.45. The van der Waals surface area contributed by atoms with E-state index in [2.05, 4.69) is 5.32 Å². The third-order valence-corrected chi connectivity index (χ3v) is 4.61. The first-order valence-electron chi connectivity index (χ1n) is 7.37. The van der Waals surface area contributed by atoms with E-state index >= 15 is 0 Å². The van der Waals surface area contributed by atoms with Crippen LogP contribution in [0.1, 0.15) is 6.92 Å². The highest BCUT2D eigenvalue weighted by Gasteiger charge is 2.32. The normalized spacial score (nSPS) is 16.2. The molecule has 2 amide bonds. The maximum Gasteiger partial charge on any atom is 0.268 e. The lowest BCUT2D eigenvalue weighted by Gasteiger charge is -2.32. The topological polar surface area (TPSA) is 58.6 Å². The summed E-state index contributed by atoms with van der Waals surface area (Å²) in [7, 11) is 0. The summed E-state index contributed by atoms with van der Waals surface area (Å²) < 4.78 is 5.54. The number of anilines is 2. The highest BCUT2D eigenvalue weighted by molar-refractivity contribution is 6.42. The van der Waals surface area contributed by atoms with Gasteiger partial charge < -0.3 is 10.1 Å². The van der Waals surface area contributed by atoms with Crippen molar-refractivity contribution in [1.29, 1.82) is 0 Å². The number of fused-ring (bicyclic) bond motifs is 1. The van der Waals surface area contributed by atoms with Gasteiger partial charge in [-0.2, -0.15) is 0 Å². The third kappa shape index (κ3) is 3.84. The minimum absolute atomic E-state index is 0.180. The quantitative estimate of drug-likeness (QED) is 0.832. The first-order chi connectivity index (χ1) is 11.8. The molecule has 0 aliphatic carbocycles. The van der Waals surface area contributed by atoms with E-state index in [4.69, 9.17) is 39.5 Å². The van der Waals surface area contributed by atoms with Crippen LogP contribution in [-0.4, -0.2) is 24.5 Å². The fourth-order valence-corrected chi connectivity index (χ4v) is 2.93. The number of carbonyl (C=O) groups excluding carboxylic acids is 2. The summed E-state index contributed by atoms with van der Waals surface area (Å²) in [5.41, 5.74) is 0.944. The van der Waals surface area contributed by atoms with E-state index in [9.17, 15) is 9.59 Å². The highest BCUT2D eigenvalue weighted by Crippen LogP contribution is 2.36. The molecule has 1 heterocycles. The van der Waals surface area contributed by atoms with Crippen LogP contribution in [0.3, 0.4) is 0 Å². The second-order valence-corrected chi connectivity index (χ2v) is 6.72. The molecule has 2 aromatic carbocycles. The van der Waals surface area contributed by atoms with Gasteiger partial charge in [-0.1, -0.05) is 34.8 Å². The zero-order valence-corrected chi connectivity index (χ0v) is 15.3.